The summed E-state index contributed by atoms with van der Waals surface area (Å²) in [5, 5.41) is 9.49. The van der Waals surface area contributed by atoms with Crippen LogP contribution in [0.25, 0.3) is 0 Å². The molecule has 1 aliphatic heterocycles. The molecule has 0 radical (unpaired) electrons. The van der Waals surface area contributed by atoms with E-state index < -0.39 is 30.5 Å². The van der Waals surface area contributed by atoms with Crippen molar-refractivity contribution >= 4 is 21.8 Å². The van der Waals surface area contributed by atoms with Gasteiger partial charge >= 0.3 is 6.18 Å². The molecule has 2 rings (SSSR count). The lowest BCUT2D eigenvalue weighted by Crippen LogP contribution is -2.54. The van der Waals surface area contributed by atoms with E-state index in [0.717, 1.165) is 0 Å². The molecule has 1 fully saturated rings. The number of piperidine rings is 1. The average Bonchev–Trinajstić information content (AvgIpc) is 2.74. The summed E-state index contributed by atoms with van der Waals surface area (Å²) >= 11 is 3.04. The second-order valence-electron chi connectivity index (χ2n) is 4.43. The quantitative estimate of drug-likeness (QED) is 0.854. The highest BCUT2D eigenvalue weighted by Crippen LogP contribution is 2.38. The number of likely N-dealkylation sites (tertiary alicyclic amines) is 1. The van der Waals surface area contributed by atoms with Crippen LogP contribution in [0.15, 0.2) is 21.2 Å². The zero-order valence-corrected chi connectivity index (χ0v) is 11.3. The molecule has 1 aromatic rings. The lowest BCUT2D eigenvalue weighted by molar-refractivity contribution is -0.271. The number of amides is 1. The Morgan fingerprint density at radius 1 is 1.37 bits per heavy atom. The Hall–Kier alpha value is -1.02. The van der Waals surface area contributed by atoms with E-state index >= 15 is 0 Å². The van der Waals surface area contributed by atoms with Gasteiger partial charge in [0.15, 0.2) is 16.0 Å². The first-order chi connectivity index (χ1) is 8.73. The molecule has 8 heteroatoms. The number of carbonyl (C=O) groups excluding carboxylic acids is 1. The third kappa shape index (κ3) is 2.79. The summed E-state index contributed by atoms with van der Waals surface area (Å²) in [6.45, 7) is -0.319. The van der Waals surface area contributed by atoms with Gasteiger partial charge in [0.05, 0.1) is 0 Å². The number of aliphatic hydroxyl groups is 1. The molecule has 1 amide bonds. The SMILES string of the molecule is O=C(c1ccc(Br)o1)N1CCC(O)(C(F)(F)F)CC1. The van der Waals surface area contributed by atoms with Crippen LogP contribution in [-0.2, 0) is 0 Å². The summed E-state index contributed by atoms with van der Waals surface area (Å²) in [6.07, 6.45) is -5.72. The Kier molecular flexibility index (Phi) is 3.65. The van der Waals surface area contributed by atoms with Gasteiger partial charge in [-0.05, 0) is 28.1 Å². The van der Waals surface area contributed by atoms with E-state index in [1.807, 2.05) is 0 Å². The number of rotatable bonds is 1. The molecule has 19 heavy (non-hydrogen) atoms. The van der Waals surface area contributed by atoms with Crippen molar-refractivity contribution in [3.05, 3.63) is 22.6 Å². The molecular formula is C11H11BrF3NO3. The number of nitrogens with zero attached hydrogens (tertiary/aromatic N) is 1. The fourth-order valence-electron chi connectivity index (χ4n) is 1.95. The Bertz CT molecular complexity index is 478. The summed E-state index contributed by atoms with van der Waals surface area (Å²) in [7, 11) is 0. The first-order valence-electron chi connectivity index (χ1n) is 5.57. The standard InChI is InChI=1S/C11H11BrF3NO3/c12-8-2-1-7(19-8)9(17)16-5-3-10(18,4-6-16)11(13,14)15/h1-2,18H,3-6H2. The van der Waals surface area contributed by atoms with Crippen molar-refractivity contribution in [1.82, 2.24) is 4.90 Å². The molecule has 1 aliphatic rings. The van der Waals surface area contributed by atoms with Gasteiger partial charge in [-0.3, -0.25) is 4.79 Å². The molecule has 0 bridgehead atoms. The summed E-state index contributed by atoms with van der Waals surface area (Å²) in [5.41, 5.74) is -2.70. The predicted octanol–water partition coefficient (Wildman–Crippen LogP) is 2.57. The lowest BCUT2D eigenvalue weighted by atomic mass is 9.90. The number of alkyl halides is 3. The topological polar surface area (TPSA) is 53.7 Å². The monoisotopic (exact) mass is 341 g/mol. The minimum absolute atomic E-state index is 0.0596. The van der Waals surface area contributed by atoms with Crippen molar-refractivity contribution in [2.24, 2.45) is 0 Å². The van der Waals surface area contributed by atoms with Crippen LogP contribution in [0.5, 0.6) is 0 Å². The number of hydrogen-bond donors (Lipinski definition) is 1. The molecular weight excluding hydrogens is 331 g/mol. The molecule has 0 aliphatic carbocycles. The van der Waals surface area contributed by atoms with Crippen LogP contribution in [0.2, 0.25) is 0 Å². The highest BCUT2D eigenvalue weighted by Gasteiger charge is 2.55. The van der Waals surface area contributed by atoms with Crippen LogP contribution < -0.4 is 0 Å². The molecule has 1 aromatic heterocycles. The largest absolute Gasteiger partial charge is 0.444 e. The van der Waals surface area contributed by atoms with E-state index in [1.54, 1.807) is 0 Å². The second kappa shape index (κ2) is 4.82. The van der Waals surface area contributed by atoms with Crippen LogP contribution in [0.4, 0.5) is 13.2 Å². The van der Waals surface area contributed by atoms with Gasteiger partial charge in [0.2, 0.25) is 0 Å². The number of hydrogen-bond acceptors (Lipinski definition) is 3. The van der Waals surface area contributed by atoms with E-state index in [-0.39, 0.29) is 18.8 Å². The van der Waals surface area contributed by atoms with Gasteiger partial charge in [0.1, 0.15) is 0 Å². The van der Waals surface area contributed by atoms with E-state index in [1.165, 1.54) is 17.0 Å². The van der Waals surface area contributed by atoms with Gasteiger partial charge in [-0.2, -0.15) is 13.2 Å². The molecule has 1 N–H and O–H groups in total. The first kappa shape index (κ1) is 14.4. The van der Waals surface area contributed by atoms with E-state index in [4.69, 9.17) is 4.42 Å². The predicted molar refractivity (Wildman–Crippen MR) is 62.6 cm³/mol. The fraction of sp³-hybridized carbons (Fsp3) is 0.545. The van der Waals surface area contributed by atoms with Crippen LogP contribution in [0.3, 0.4) is 0 Å². The summed E-state index contributed by atoms with van der Waals surface area (Å²) in [6, 6.07) is 2.97. The Morgan fingerprint density at radius 2 is 1.95 bits per heavy atom. The zero-order valence-electron chi connectivity index (χ0n) is 9.71. The molecule has 106 valence electrons. The summed E-state index contributed by atoms with van der Waals surface area (Å²) < 4.78 is 43.2. The van der Waals surface area contributed by atoms with Gasteiger partial charge in [-0.25, -0.2) is 0 Å². The Balaban J connectivity index is 2.03. The maximum atomic E-state index is 12.6. The zero-order chi connectivity index (χ0) is 14.3. The van der Waals surface area contributed by atoms with E-state index in [9.17, 15) is 23.1 Å². The van der Waals surface area contributed by atoms with Crippen molar-refractivity contribution in [2.75, 3.05) is 13.1 Å². The van der Waals surface area contributed by atoms with E-state index in [2.05, 4.69) is 15.9 Å². The van der Waals surface area contributed by atoms with Gasteiger partial charge < -0.3 is 14.4 Å². The van der Waals surface area contributed by atoms with Gasteiger partial charge in [0, 0.05) is 25.9 Å². The molecule has 0 spiro atoms. The number of furan rings is 1. The van der Waals surface area contributed by atoms with Crippen LogP contribution in [0, 0.1) is 0 Å². The lowest BCUT2D eigenvalue weighted by Gasteiger charge is -2.38. The third-order valence-electron chi connectivity index (χ3n) is 3.19. The van der Waals surface area contributed by atoms with Crippen molar-refractivity contribution in [1.29, 1.82) is 0 Å². The van der Waals surface area contributed by atoms with Crippen molar-refractivity contribution in [3.8, 4) is 0 Å². The molecule has 2 heterocycles. The highest BCUT2D eigenvalue weighted by molar-refractivity contribution is 9.10. The smallest absolute Gasteiger partial charge is 0.417 e. The van der Waals surface area contributed by atoms with Crippen LogP contribution in [-0.4, -0.2) is 40.8 Å². The first-order valence-corrected chi connectivity index (χ1v) is 6.36. The summed E-state index contributed by atoms with van der Waals surface area (Å²) in [5.74, 6) is -0.417. The normalized spacial score (nSPS) is 19.5. The summed E-state index contributed by atoms with van der Waals surface area (Å²) in [4.78, 5) is 13.2. The fourth-order valence-corrected chi connectivity index (χ4v) is 2.25. The molecule has 0 saturated carbocycles. The van der Waals surface area contributed by atoms with Gasteiger partial charge in [-0.15, -0.1) is 0 Å². The minimum Gasteiger partial charge on any atom is -0.444 e. The van der Waals surface area contributed by atoms with Gasteiger partial charge in [0.25, 0.3) is 5.91 Å². The number of halogens is 4. The minimum atomic E-state index is -4.67. The van der Waals surface area contributed by atoms with Crippen molar-refractivity contribution in [2.45, 2.75) is 24.6 Å². The molecule has 4 nitrogen and oxygen atoms in total. The Morgan fingerprint density at radius 3 is 2.37 bits per heavy atom. The van der Waals surface area contributed by atoms with Crippen LogP contribution in [0.1, 0.15) is 23.4 Å². The van der Waals surface area contributed by atoms with Crippen molar-refractivity contribution < 1.29 is 27.5 Å². The van der Waals surface area contributed by atoms with Crippen molar-refractivity contribution in [3.63, 3.8) is 0 Å². The highest BCUT2D eigenvalue weighted by atomic mass is 79.9. The van der Waals surface area contributed by atoms with Gasteiger partial charge in [-0.1, -0.05) is 0 Å². The van der Waals surface area contributed by atoms with Crippen LogP contribution >= 0.6 is 15.9 Å². The number of carbonyl (C=O) groups is 1. The molecule has 0 unspecified atom stereocenters. The molecule has 1 saturated heterocycles. The molecule has 0 atom stereocenters. The average molecular weight is 342 g/mol. The molecule has 0 aromatic carbocycles. The third-order valence-corrected chi connectivity index (χ3v) is 3.62. The maximum Gasteiger partial charge on any atom is 0.417 e. The second-order valence-corrected chi connectivity index (χ2v) is 5.21. The van der Waals surface area contributed by atoms with E-state index in [0.29, 0.717) is 4.67 Å². The Labute approximate surface area is 115 Å². The maximum absolute atomic E-state index is 12.6.